The average molecular weight is 330 g/mol. The Morgan fingerprint density at radius 2 is 2.08 bits per heavy atom. The molecule has 1 aromatic carbocycles. The number of primary amides is 2. The monoisotopic (exact) mass is 330 g/mol. The summed E-state index contributed by atoms with van der Waals surface area (Å²) in [4.78, 5) is 23.3. The minimum atomic E-state index is -0.487. The smallest absolute Gasteiger partial charge is 0.253 e. The molecule has 0 aliphatic carbocycles. The number of nitrogens with one attached hydrogen (secondary N) is 2. The molecule has 3 rings (SSSR count). The molecular formula is C16H18N4O4. The molecule has 0 bridgehead atoms. The van der Waals surface area contributed by atoms with Gasteiger partial charge in [-0.2, -0.15) is 0 Å². The Bertz CT molecular complexity index is 866. The second-order valence-corrected chi connectivity index (χ2v) is 4.81. The van der Waals surface area contributed by atoms with Crippen LogP contribution in [0, 0.1) is 0 Å². The number of fused-ring (bicyclic) bond motifs is 1. The zero-order valence-electron chi connectivity index (χ0n) is 13.0. The molecule has 0 aliphatic heterocycles. The third-order valence-corrected chi connectivity index (χ3v) is 3.40. The van der Waals surface area contributed by atoms with Crippen LogP contribution in [-0.4, -0.2) is 29.5 Å². The summed E-state index contributed by atoms with van der Waals surface area (Å²) in [5.74, 6) is 1.26. The summed E-state index contributed by atoms with van der Waals surface area (Å²) < 4.78 is 5.51. The van der Waals surface area contributed by atoms with E-state index in [9.17, 15) is 4.79 Å². The van der Waals surface area contributed by atoms with Crippen molar-refractivity contribution in [2.75, 3.05) is 12.4 Å². The summed E-state index contributed by atoms with van der Waals surface area (Å²) in [6, 6.07) is 9.07. The van der Waals surface area contributed by atoms with Crippen molar-refractivity contribution in [3.05, 3.63) is 41.7 Å². The number of amides is 2. The molecule has 8 nitrogen and oxygen atoms in total. The number of nitrogens with two attached hydrogens (primary N) is 2. The second kappa shape index (κ2) is 7.34. The van der Waals surface area contributed by atoms with Gasteiger partial charge in [-0.1, -0.05) is 12.1 Å². The highest BCUT2D eigenvalue weighted by Gasteiger charge is 2.16. The van der Waals surface area contributed by atoms with Crippen LogP contribution in [0.3, 0.4) is 0 Å². The number of carbonyl (C=O) groups is 2. The summed E-state index contributed by atoms with van der Waals surface area (Å²) in [6.45, 7) is -0.138. The Labute approximate surface area is 137 Å². The van der Waals surface area contributed by atoms with E-state index in [1.807, 2.05) is 18.2 Å². The Balaban J connectivity index is 0.000000647. The van der Waals surface area contributed by atoms with Gasteiger partial charge in [0.2, 0.25) is 6.41 Å². The Morgan fingerprint density at radius 3 is 2.62 bits per heavy atom. The van der Waals surface area contributed by atoms with Crippen LogP contribution in [0.15, 0.2) is 34.7 Å². The van der Waals surface area contributed by atoms with Gasteiger partial charge in [0, 0.05) is 23.5 Å². The number of aromatic amines is 1. The average Bonchev–Trinajstić information content (AvgIpc) is 3.18. The van der Waals surface area contributed by atoms with E-state index in [-0.39, 0.29) is 13.0 Å². The topological polar surface area (TPSA) is 147 Å². The first-order chi connectivity index (χ1) is 11.5. The number of anilines is 1. The number of benzene rings is 1. The minimum Gasteiger partial charge on any atom is -0.459 e. The van der Waals surface area contributed by atoms with Crippen LogP contribution in [-0.2, 0) is 11.4 Å². The van der Waals surface area contributed by atoms with Gasteiger partial charge in [-0.25, -0.2) is 0 Å². The number of rotatable bonds is 4. The van der Waals surface area contributed by atoms with Gasteiger partial charge in [0.05, 0.1) is 5.56 Å². The largest absolute Gasteiger partial charge is 0.459 e. The number of aliphatic hydroxyl groups excluding tert-OH is 1. The van der Waals surface area contributed by atoms with Crippen LogP contribution < -0.4 is 16.8 Å². The predicted molar refractivity (Wildman–Crippen MR) is 90.2 cm³/mol. The molecule has 0 spiro atoms. The van der Waals surface area contributed by atoms with Crippen molar-refractivity contribution in [3.63, 3.8) is 0 Å². The maximum Gasteiger partial charge on any atom is 0.253 e. The maximum atomic E-state index is 11.6. The minimum absolute atomic E-state index is 0.138. The molecule has 7 N–H and O–H groups in total. The molecule has 0 saturated carbocycles. The first-order valence-corrected chi connectivity index (χ1v) is 7.04. The van der Waals surface area contributed by atoms with E-state index in [4.69, 9.17) is 20.1 Å². The molecule has 0 unspecified atom stereocenters. The number of H-pyrrole nitrogens is 1. The van der Waals surface area contributed by atoms with E-state index in [0.717, 1.165) is 16.5 Å². The van der Waals surface area contributed by atoms with Crippen molar-refractivity contribution in [2.45, 2.75) is 6.61 Å². The van der Waals surface area contributed by atoms with Crippen LogP contribution in [0.25, 0.3) is 22.2 Å². The zero-order chi connectivity index (χ0) is 17.7. The SMILES string of the molecule is CNc1[nH]c2cc(-c3ccc(CO)o3)ccc2c1C(N)=O.NC=O. The van der Waals surface area contributed by atoms with Crippen molar-refractivity contribution >= 4 is 29.0 Å². The van der Waals surface area contributed by atoms with E-state index in [1.54, 1.807) is 19.2 Å². The Morgan fingerprint density at radius 1 is 1.38 bits per heavy atom. The van der Waals surface area contributed by atoms with E-state index in [1.165, 1.54) is 0 Å². The molecule has 8 heteroatoms. The van der Waals surface area contributed by atoms with Gasteiger partial charge >= 0.3 is 0 Å². The number of carbonyl (C=O) groups excluding carboxylic acids is 2. The van der Waals surface area contributed by atoms with Crippen LogP contribution in [0.1, 0.15) is 16.1 Å². The lowest BCUT2D eigenvalue weighted by Gasteiger charge is -1.99. The van der Waals surface area contributed by atoms with E-state index < -0.39 is 5.91 Å². The van der Waals surface area contributed by atoms with Crippen LogP contribution in [0.4, 0.5) is 5.82 Å². The second-order valence-electron chi connectivity index (χ2n) is 4.81. The first kappa shape index (κ1) is 17.1. The summed E-state index contributed by atoms with van der Waals surface area (Å²) in [7, 11) is 1.72. The molecule has 0 saturated heterocycles. The number of aromatic nitrogens is 1. The van der Waals surface area contributed by atoms with Crippen molar-refractivity contribution in [1.29, 1.82) is 0 Å². The number of aliphatic hydroxyl groups is 1. The van der Waals surface area contributed by atoms with Gasteiger partial charge in [-0.15, -0.1) is 0 Å². The highest BCUT2D eigenvalue weighted by molar-refractivity contribution is 6.11. The third-order valence-electron chi connectivity index (χ3n) is 3.40. The van der Waals surface area contributed by atoms with Gasteiger partial charge in [0.15, 0.2) is 0 Å². The van der Waals surface area contributed by atoms with E-state index in [2.05, 4.69) is 16.0 Å². The fourth-order valence-corrected chi connectivity index (χ4v) is 2.41. The Kier molecular flexibility index (Phi) is 5.23. The highest BCUT2D eigenvalue weighted by atomic mass is 16.4. The van der Waals surface area contributed by atoms with Crippen molar-refractivity contribution < 1.29 is 19.1 Å². The third kappa shape index (κ3) is 3.23. The highest BCUT2D eigenvalue weighted by Crippen LogP contribution is 2.30. The standard InChI is InChI=1S/C15H15N3O3.CH3NO/c1-17-15-13(14(16)20)10-4-2-8(6-11(10)18-15)12-5-3-9(7-19)21-12;2-1-3/h2-6,17-19H,7H2,1H3,(H2,16,20);1H,(H2,2,3). The summed E-state index contributed by atoms with van der Waals surface area (Å²) in [6.07, 6.45) is 0.250. The lowest BCUT2D eigenvalue weighted by atomic mass is 10.1. The maximum absolute atomic E-state index is 11.6. The molecule has 0 aliphatic rings. The lowest BCUT2D eigenvalue weighted by molar-refractivity contribution is -0.106. The van der Waals surface area contributed by atoms with Crippen molar-refractivity contribution in [2.24, 2.45) is 11.5 Å². The first-order valence-electron chi connectivity index (χ1n) is 7.04. The summed E-state index contributed by atoms with van der Waals surface area (Å²) in [5.41, 5.74) is 11.7. The number of furan rings is 1. The molecule has 0 fully saturated rings. The van der Waals surface area contributed by atoms with Gasteiger partial charge < -0.3 is 31.3 Å². The molecular weight excluding hydrogens is 312 g/mol. The summed E-state index contributed by atoms with van der Waals surface area (Å²) >= 11 is 0. The van der Waals surface area contributed by atoms with Crippen LogP contribution in [0.5, 0.6) is 0 Å². The lowest BCUT2D eigenvalue weighted by Crippen LogP contribution is -2.12. The molecule has 0 radical (unpaired) electrons. The zero-order valence-corrected chi connectivity index (χ0v) is 13.0. The summed E-state index contributed by atoms with van der Waals surface area (Å²) in [5, 5.41) is 12.7. The molecule has 2 amide bonds. The van der Waals surface area contributed by atoms with E-state index in [0.29, 0.717) is 22.9 Å². The van der Waals surface area contributed by atoms with Gasteiger partial charge in [-0.05, 0) is 18.2 Å². The number of hydrogen-bond acceptors (Lipinski definition) is 5. The normalized spacial score (nSPS) is 10.1. The van der Waals surface area contributed by atoms with Crippen LogP contribution in [0.2, 0.25) is 0 Å². The Hall–Kier alpha value is -3.26. The fraction of sp³-hybridized carbons (Fsp3) is 0.125. The quantitative estimate of drug-likeness (QED) is 0.455. The predicted octanol–water partition coefficient (Wildman–Crippen LogP) is 1.16. The van der Waals surface area contributed by atoms with Crippen LogP contribution >= 0.6 is 0 Å². The molecule has 24 heavy (non-hydrogen) atoms. The number of hydrogen-bond donors (Lipinski definition) is 5. The van der Waals surface area contributed by atoms with Gasteiger partial charge in [-0.3, -0.25) is 9.59 Å². The van der Waals surface area contributed by atoms with Gasteiger partial charge in [0.1, 0.15) is 23.9 Å². The van der Waals surface area contributed by atoms with Crippen molar-refractivity contribution in [1.82, 2.24) is 4.98 Å². The molecule has 126 valence electrons. The van der Waals surface area contributed by atoms with Crippen molar-refractivity contribution in [3.8, 4) is 11.3 Å². The molecule has 2 aromatic heterocycles. The van der Waals surface area contributed by atoms with E-state index >= 15 is 0 Å². The molecule has 2 heterocycles. The fourth-order valence-electron chi connectivity index (χ4n) is 2.41. The molecule has 0 atom stereocenters. The van der Waals surface area contributed by atoms with Gasteiger partial charge in [0.25, 0.3) is 5.91 Å². The molecule has 3 aromatic rings.